The minimum Gasteiger partial charge on any atom is -0.444 e. The van der Waals surface area contributed by atoms with Gasteiger partial charge in [0.15, 0.2) is 0 Å². The number of H-pyrrole nitrogens is 2. The van der Waals surface area contributed by atoms with Crippen LogP contribution in [-0.2, 0) is 60.4 Å². The maximum absolute atomic E-state index is 15.5. The fourth-order valence-electron chi connectivity index (χ4n) is 12.0. The van der Waals surface area contributed by atoms with Gasteiger partial charge in [-0.2, -0.15) is 0 Å². The third-order valence-corrected chi connectivity index (χ3v) is 17.5. The molecule has 0 aliphatic carbocycles. The molecule has 0 unspecified atom stereocenters. The highest BCUT2D eigenvalue weighted by Gasteiger charge is 2.44. The van der Waals surface area contributed by atoms with E-state index in [4.69, 9.17) is 28.4 Å². The smallest absolute Gasteiger partial charge is 0.444 e. The number of aromatic amines is 2. The average molecular weight is 1320 g/mol. The molecule has 0 radical (unpaired) electrons. The number of carbonyl (C=O) groups excluding carboxylic acids is 8. The number of benzene rings is 2. The molecule has 4 heterocycles. The molecule has 2 aromatic heterocycles. The number of ether oxygens (including phenoxy) is 6. The van der Waals surface area contributed by atoms with E-state index in [0.717, 1.165) is 74.0 Å². The summed E-state index contributed by atoms with van der Waals surface area (Å²) < 4.78 is 65.0. The van der Waals surface area contributed by atoms with E-state index in [1.807, 2.05) is 0 Å². The van der Waals surface area contributed by atoms with Crippen molar-refractivity contribution in [3.63, 3.8) is 0 Å². The van der Waals surface area contributed by atoms with Gasteiger partial charge in [0.1, 0.15) is 59.2 Å². The number of likely N-dealkylation sites (tertiary alicyclic amines) is 2. The molecule has 0 saturated carbocycles. The Morgan fingerprint density at radius 2 is 0.904 bits per heavy atom. The molecule has 24 heteroatoms. The lowest BCUT2D eigenvalue weighted by Gasteiger charge is -2.31. The van der Waals surface area contributed by atoms with Gasteiger partial charge in [-0.05, 0) is 141 Å². The van der Waals surface area contributed by atoms with Crippen molar-refractivity contribution in [3.8, 4) is 11.4 Å². The molecule has 0 bridgehead atoms. The number of fused-ring (bicyclic) bond motifs is 2. The fourth-order valence-corrected chi connectivity index (χ4v) is 12.0. The Kier molecular flexibility index (Phi) is 27.8. The summed E-state index contributed by atoms with van der Waals surface area (Å²) in [5.74, 6) is -3.32. The van der Waals surface area contributed by atoms with E-state index in [-0.39, 0.29) is 64.8 Å². The third-order valence-electron chi connectivity index (χ3n) is 17.5. The van der Waals surface area contributed by atoms with Crippen molar-refractivity contribution in [2.24, 2.45) is 0 Å². The van der Waals surface area contributed by atoms with Crippen LogP contribution in [0.4, 0.5) is 28.0 Å². The van der Waals surface area contributed by atoms with Crippen LogP contribution in [0.2, 0.25) is 0 Å². The first-order chi connectivity index (χ1) is 44.5. The van der Waals surface area contributed by atoms with E-state index < -0.39 is 119 Å². The molecule has 8 atom stereocenters. The molecule has 4 aromatic rings. The minimum atomic E-state index is -1.11. The van der Waals surface area contributed by atoms with Crippen LogP contribution in [0.3, 0.4) is 0 Å². The van der Waals surface area contributed by atoms with Gasteiger partial charge < -0.3 is 58.8 Å². The van der Waals surface area contributed by atoms with Crippen LogP contribution in [0.5, 0.6) is 0 Å². The van der Waals surface area contributed by atoms with Crippen LogP contribution < -0.4 is 10.6 Å². The predicted molar refractivity (Wildman–Crippen MR) is 354 cm³/mol. The zero-order valence-electron chi connectivity index (χ0n) is 57.9. The first-order valence-electron chi connectivity index (χ1n) is 33.9. The molecule has 22 nitrogen and oxygen atoms in total. The molecular formula is C70H104F2N8O14. The summed E-state index contributed by atoms with van der Waals surface area (Å²) in [6.07, 6.45) is 7.27. The largest absolute Gasteiger partial charge is 0.508 e. The standard InChI is InChI=1S/C70H104F2N8O14/c1-15-19-21-23-25-27-33-89-67(87)91-49-37-47(79(41-49)63(83)55(17-3)75-61(81)43(5)77(13)65(85)93-69(7,8)9)39-53-51-31-29-45(71)35-57(51)73-59(53)60-54(52-32-30-46(72)36-58(52)74-60)40-48-38-50(92-68(88)90-34-28-26-24-22-20-16-2)42-80(48)64(84)56(18-4)76-62(82)44(6)78(14)66(86)94-70(10,11)12/h29-32,35-36,43-44,47-50,55-56,73-74H,15-28,33-34,37-42H2,1-14H3,(H,75,81)(H,76,82)/t43-,44-,47-,48-,49-,50-,55-,56-/m0/s1. The molecule has 2 fully saturated rings. The molecular weight excluding hydrogens is 1210 g/mol. The fraction of sp³-hybridized carbons (Fsp3) is 0.657. The van der Waals surface area contributed by atoms with Crippen LogP contribution in [0, 0.1) is 11.6 Å². The maximum atomic E-state index is 15.5. The van der Waals surface area contributed by atoms with Crippen molar-refractivity contribution in [1.82, 2.24) is 40.2 Å². The van der Waals surface area contributed by atoms with Gasteiger partial charge >= 0.3 is 24.5 Å². The third kappa shape index (κ3) is 21.2. The summed E-state index contributed by atoms with van der Waals surface area (Å²) >= 11 is 0. The molecule has 2 aliphatic heterocycles. The second-order valence-corrected chi connectivity index (χ2v) is 27.2. The van der Waals surface area contributed by atoms with E-state index in [1.54, 1.807) is 77.3 Å². The Hall–Kier alpha value is -7.66. The van der Waals surface area contributed by atoms with Gasteiger partial charge in [0.25, 0.3) is 0 Å². The van der Waals surface area contributed by atoms with Crippen molar-refractivity contribution in [2.45, 2.75) is 258 Å². The average Bonchev–Trinajstić information content (AvgIpc) is 1.59. The molecule has 0 spiro atoms. The predicted octanol–water partition coefficient (Wildman–Crippen LogP) is 12.9. The van der Waals surface area contributed by atoms with Crippen molar-refractivity contribution < 1.29 is 75.6 Å². The summed E-state index contributed by atoms with van der Waals surface area (Å²) in [4.78, 5) is 123. The van der Waals surface area contributed by atoms with Gasteiger partial charge in [-0.15, -0.1) is 0 Å². The zero-order chi connectivity index (χ0) is 69.2. The van der Waals surface area contributed by atoms with Gasteiger partial charge in [-0.25, -0.2) is 28.0 Å². The minimum absolute atomic E-state index is 0.0644. The molecule has 4 N–H and O–H groups in total. The van der Waals surface area contributed by atoms with E-state index in [0.29, 0.717) is 57.2 Å². The van der Waals surface area contributed by atoms with Crippen LogP contribution in [-0.4, -0.2) is 178 Å². The zero-order valence-corrected chi connectivity index (χ0v) is 57.9. The number of unbranched alkanes of at least 4 members (excludes halogenated alkanes) is 10. The van der Waals surface area contributed by atoms with E-state index in [9.17, 15) is 28.8 Å². The van der Waals surface area contributed by atoms with Gasteiger partial charge in [-0.3, -0.25) is 29.0 Å². The topological polar surface area (TPSA) is 261 Å². The van der Waals surface area contributed by atoms with Crippen LogP contribution in [0.1, 0.15) is 197 Å². The SMILES string of the molecule is CCCCCCCCOC(=O)O[C@H]1C[C@@H](Cc2c(-c3[nH]c4cc(F)ccc4c3C[C@@H]3C[C@H](OC(=O)OCCCCCCCC)CN3C(=O)[C@H](CC)NC(=O)[C@H](C)N(C)C(=O)OC(C)(C)C)[nH]c3cc(F)ccc23)N(C(=O)[C@H](CC)NC(=O)[C@H](C)N(C)C(=O)OC(C)(C)C)C1. The summed E-state index contributed by atoms with van der Waals surface area (Å²) in [6, 6.07) is 2.73. The molecule has 2 aliphatic rings. The highest BCUT2D eigenvalue weighted by Crippen LogP contribution is 2.41. The number of amides is 6. The first-order valence-corrected chi connectivity index (χ1v) is 33.9. The molecule has 94 heavy (non-hydrogen) atoms. The van der Waals surface area contributed by atoms with Crippen molar-refractivity contribution >= 4 is 69.9 Å². The molecule has 2 aromatic carbocycles. The number of nitrogens with zero attached hydrogens (tertiary/aromatic N) is 4. The molecule has 6 rings (SSSR count). The summed E-state index contributed by atoms with van der Waals surface area (Å²) in [7, 11) is 2.86. The number of carbonyl (C=O) groups is 8. The van der Waals surface area contributed by atoms with Gasteiger partial charge in [-0.1, -0.05) is 91.9 Å². The molecule has 522 valence electrons. The summed E-state index contributed by atoms with van der Waals surface area (Å²) in [5.41, 5.74) is 1.13. The number of likely N-dealkylation sites (N-methyl/N-ethyl adjacent to an activating group) is 2. The highest BCUT2D eigenvalue weighted by molar-refractivity contribution is 5.97. The monoisotopic (exact) mass is 1320 g/mol. The van der Waals surface area contributed by atoms with Crippen LogP contribution >= 0.6 is 0 Å². The van der Waals surface area contributed by atoms with E-state index >= 15 is 18.4 Å². The van der Waals surface area contributed by atoms with Gasteiger partial charge in [0.05, 0.1) is 37.7 Å². The Bertz CT molecular complexity index is 3020. The number of hydrogen-bond donors (Lipinski definition) is 4. The number of halogens is 2. The lowest BCUT2D eigenvalue weighted by atomic mass is 9.94. The Labute approximate surface area is 552 Å². The lowest BCUT2D eigenvalue weighted by Crippen LogP contribution is -2.55. The summed E-state index contributed by atoms with van der Waals surface area (Å²) in [6.45, 7) is 21.1. The van der Waals surface area contributed by atoms with Crippen molar-refractivity contribution in [1.29, 1.82) is 0 Å². The van der Waals surface area contributed by atoms with E-state index in [2.05, 4.69) is 34.4 Å². The quantitative estimate of drug-likeness (QED) is 0.0208. The Morgan fingerprint density at radius 3 is 1.24 bits per heavy atom. The molecule has 6 amide bonds. The second kappa shape index (κ2) is 34.7. The normalized spacial score (nSPS) is 17.9. The summed E-state index contributed by atoms with van der Waals surface area (Å²) in [5, 5.41) is 6.84. The van der Waals surface area contributed by atoms with Gasteiger partial charge in [0.2, 0.25) is 23.6 Å². The Morgan fingerprint density at radius 1 is 0.553 bits per heavy atom. The Balaban J connectivity index is 1.39. The van der Waals surface area contributed by atoms with E-state index in [1.165, 1.54) is 52.2 Å². The van der Waals surface area contributed by atoms with Crippen molar-refractivity contribution in [3.05, 3.63) is 59.2 Å². The number of nitrogens with one attached hydrogen (secondary N) is 4. The lowest BCUT2D eigenvalue weighted by molar-refractivity contribution is -0.138. The number of rotatable bonds is 31. The maximum Gasteiger partial charge on any atom is 0.508 e. The van der Waals surface area contributed by atoms with Gasteiger partial charge in [0, 0.05) is 60.8 Å². The highest BCUT2D eigenvalue weighted by atomic mass is 19.1. The number of hydrogen-bond acceptors (Lipinski definition) is 14. The second-order valence-electron chi connectivity index (χ2n) is 27.2. The first kappa shape index (κ1) is 75.4. The number of aromatic nitrogens is 2. The van der Waals surface area contributed by atoms with Crippen molar-refractivity contribution in [2.75, 3.05) is 40.4 Å². The van der Waals surface area contributed by atoms with Crippen LogP contribution in [0.25, 0.3) is 33.2 Å². The molecule has 2 saturated heterocycles. The van der Waals surface area contributed by atoms with Crippen LogP contribution in [0.15, 0.2) is 36.4 Å².